The van der Waals surface area contributed by atoms with Crippen molar-refractivity contribution in [2.45, 2.75) is 91.8 Å². The molecule has 0 radical (unpaired) electrons. The SMILES string of the molecule is CCCCCCOONc1cc(C)c(-c2ccc3c(c2)CCCO3)c(C(OC(C)(C)C)C(=O)O)c1C. The molecule has 0 bridgehead atoms. The molecule has 1 aliphatic heterocycles. The number of rotatable bonds is 12. The minimum atomic E-state index is -1.16. The summed E-state index contributed by atoms with van der Waals surface area (Å²) in [5.74, 6) is -0.148. The van der Waals surface area contributed by atoms with Gasteiger partial charge in [0.25, 0.3) is 0 Å². The van der Waals surface area contributed by atoms with E-state index in [1.54, 1.807) is 0 Å². The number of nitrogens with one attached hydrogen (secondary N) is 1. The zero-order chi connectivity index (χ0) is 26.3. The third-order valence-electron chi connectivity index (χ3n) is 6.28. The van der Waals surface area contributed by atoms with Crippen LogP contribution in [0.5, 0.6) is 5.75 Å². The lowest BCUT2D eigenvalue weighted by Crippen LogP contribution is -2.28. The minimum Gasteiger partial charge on any atom is -0.493 e. The first-order chi connectivity index (χ1) is 17.1. The van der Waals surface area contributed by atoms with Crippen LogP contribution in [0, 0.1) is 13.8 Å². The van der Waals surface area contributed by atoms with Gasteiger partial charge in [0.2, 0.25) is 0 Å². The molecule has 1 unspecified atom stereocenters. The summed E-state index contributed by atoms with van der Waals surface area (Å²) >= 11 is 0. The molecule has 0 fully saturated rings. The fourth-order valence-electron chi connectivity index (χ4n) is 4.56. The zero-order valence-corrected chi connectivity index (χ0v) is 22.5. The second-order valence-corrected chi connectivity index (χ2v) is 10.4. The summed E-state index contributed by atoms with van der Waals surface area (Å²) in [5, 5.41) is 10.3. The van der Waals surface area contributed by atoms with Crippen molar-refractivity contribution in [3.05, 3.63) is 46.5 Å². The Hall–Kier alpha value is -2.61. The third-order valence-corrected chi connectivity index (χ3v) is 6.28. The van der Waals surface area contributed by atoms with Crippen molar-refractivity contribution in [2.75, 3.05) is 18.7 Å². The number of unbranched alkanes of at least 4 members (excludes halogenated alkanes) is 3. The molecule has 2 aromatic rings. The predicted octanol–water partition coefficient (Wildman–Crippen LogP) is 7.09. The lowest BCUT2D eigenvalue weighted by Gasteiger charge is -2.29. The van der Waals surface area contributed by atoms with Crippen LogP contribution in [0.15, 0.2) is 24.3 Å². The molecule has 198 valence electrons. The first kappa shape index (κ1) is 28.0. The van der Waals surface area contributed by atoms with Gasteiger partial charge in [-0.25, -0.2) is 15.2 Å². The molecule has 0 aliphatic carbocycles. The van der Waals surface area contributed by atoms with Crippen LogP contribution < -0.4 is 10.2 Å². The summed E-state index contributed by atoms with van der Waals surface area (Å²) in [6.45, 7) is 12.8. The number of fused-ring (bicyclic) bond motifs is 1. The number of carboxylic acids is 1. The lowest BCUT2D eigenvalue weighted by molar-refractivity contribution is -0.273. The smallest absolute Gasteiger partial charge is 0.337 e. The summed E-state index contributed by atoms with van der Waals surface area (Å²) in [5.41, 5.74) is 8.03. The number of aliphatic carboxylic acids is 1. The van der Waals surface area contributed by atoms with Crippen molar-refractivity contribution >= 4 is 11.7 Å². The van der Waals surface area contributed by atoms with E-state index in [0.29, 0.717) is 17.9 Å². The highest BCUT2D eigenvalue weighted by Crippen LogP contribution is 2.42. The van der Waals surface area contributed by atoms with E-state index in [1.165, 1.54) is 6.42 Å². The van der Waals surface area contributed by atoms with Gasteiger partial charge < -0.3 is 14.6 Å². The number of carbonyl (C=O) groups is 1. The van der Waals surface area contributed by atoms with Gasteiger partial charge in [0, 0.05) is 5.56 Å². The van der Waals surface area contributed by atoms with E-state index in [2.05, 4.69) is 18.5 Å². The van der Waals surface area contributed by atoms with Gasteiger partial charge in [-0.1, -0.05) is 32.3 Å². The summed E-state index contributed by atoms with van der Waals surface area (Å²) in [6, 6.07) is 8.04. The molecule has 7 nitrogen and oxygen atoms in total. The molecule has 0 saturated heterocycles. The summed E-state index contributed by atoms with van der Waals surface area (Å²) in [6.07, 6.45) is 5.06. The van der Waals surface area contributed by atoms with Crippen LogP contribution in [-0.4, -0.2) is 29.9 Å². The fourth-order valence-corrected chi connectivity index (χ4v) is 4.56. The van der Waals surface area contributed by atoms with Crippen molar-refractivity contribution in [1.82, 2.24) is 0 Å². The van der Waals surface area contributed by atoms with Crippen LogP contribution in [0.3, 0.4) is 0 Å². The van der Waals surface area contributed by atoms with E-state index in [-0.39, 0.29) is 0 Å². The molecule has 7 heteroatoms. The molecule has 2 N–H and O–H groups in total. The molecule has 0 aromatic heterocycles. The minimum absolute atomic E-state index is 0.484. The van der Waals surface area contributed by atoms with Gasteiger partial charge in [0.05, 0.1) is 24.5 Å². The predicted molar refractivity (Wildman–Crippen MR) is 141 cm³/mol. The number of ether oxygens (including phenoxy) is 2. The maximum atomic E-state index is 12.5. The van der Waals surface area contributed by atoms with Crippen LogP contribution in [0.25, 0.3) is 11.1 Å². The van der Waals surface area contributed by atoms with E-state index >= 15 is 0 Å². The van der Waals surface area contributed by atoms with Crippen molar-refractivity contribution in [3.63, 3.8) is 0 Å². The Labute approximate surface area is 215 Å². The van der Waals surface area contributed by atoms with Gasteiger partial charge in [0.1, 0.15) is 5.75 Å². The van der Waals surface area contributed by atoms with Crippen LogP contribution >= 0.6 is 0 Å². The molecule has 36 heavy (non-hydrogen) atoms. The molecule has 2 aromatic carbocycles. The van der Waals surface area contributed by atoms with Crippen molar-refractivity contribution in [3.8, 4) is 16.9 Å². The van der Waals surface area contributed by atoms with E-state index in [0.717, 1.165) is 72.3 Å². The summed E-state index contributed by atoms with van der Waals surface area (Å²) < 4.78 is 11.9. The standard InChI is InChI=1S/C29H41NO6/c1-7-8-9-10-16-34-36-30-23-17-19(2)25(22-13-14-24-21(18-22)12-11-15-33-24)26(20(23)3)27(28(31)32)35-29(4,5)6/h13-14,17-18,27,30H,7-12,15-16H2,1-6H3,(H,31,32). The Balaban J connectivity index is 2.01. The molecular formula is C29H41NO6. The molecule has 3 rings (SSSR count). The maximum Gasteiger partial charge on any atom is 0.337 e. The Morgan fingerprint density at radius 2 is 1.94 bits per heavy atom. The lowest BCUT2D eigenvalue weighted by atomic mass is 9.86. The number of carboxylic acid groups (broad SMARTS) is 1. The highest BCUT2D eigenvalue weighted by atomic mass is 17.3. The van der Waals surface area contributed by atoms with Gasteiger partial charge in [0.15, 0.2) is 6.10 Å². The van der Waals surface area contributed by atoms with Crippen LogP contribution in [0.4, 0.5) is 5.69 Å². The summed E-state index contributed by atoms with van der Waals surface area (Å²) in [7, 11) is 0. The fraction of sp³-hybridized carbons (Fsp3) is 0.552. The Morgan fingerprint density at radius 3 is 2.64 bits per heavy atom. The number of aryl methyl sites for hydroxylation is 2. The maximum absolute atomic E-state index is 12.5. The number of benzene rings is 2. The van der Waals surface area contributed by atoms with Crippen LogP contribution in [-0.2, 0) is 25.8 Å². The largest absolute Gasteiger partial charge is 0.493 e. The average molecular weight is 500 g/mol. The van der Waals surface area contributed by atoms with E-state index in [4.69, 9.17) is 19.3 Å². The first-order valence-corrected chi connectivity index (χ1v) is 13.0. The van der Waals surface area contributed by atoms with Crippen molar-refractivity contribution < 1.29 is 29.3 Å². The monoisotopic (exact) mass is 499 g/mol. The second-order valence-electron chi connectivity index (χ2n) is 10.4. The Kier molecular flexibility index (Phi) is 9.77. The van der Waals surface area contributed by atoms with E-state index in [9.17, 15) is 9.90 Å². The quantitative estimate of drug-likeness (QED) is 0.183. The van der Waals surface area contributed by atoms with Gasteiger partial charge >= 0.3 is 5.97 Å². The highest BCUT2D eigenvalue weighted by molar-refractivity contribution is 5.85. The van der Waals surface area contributed by atoms with Gasteiger partial charge in [-0.3, -0.25) is 0 Å². The Bertz CT molecular complexity index is 1040. The molecule has 1 heterocycles. The Morgan fingerprint density at radius 1 is 1.17 bits per heavy atom. The highest BCUT2D eigenvalue weighted by Gasteiger charge is 2.32. The molecular weight excluding hydrogens is 458 g/mol. The topological polar surface area (TPSA) is 86.3 Å². The van der Waals surface area contributed by atoms with Crippen LogP contribution in [0.2, 0.25) is 0 Å². The zero-order valence-electron chi connectivity index (χ0n) is 22.5. The third kappa shape index (κ3) is 7.21. The van der Waals surface area contributed by atoms with Gasteiger partial charge in [-0.2, -0.15) is 0 Å². The second kappa shape index (κ2) is 12.6. The summed E-state index contributed by atoms with van der Waals surface area (Å²) in [4.78, 5) is 23.1. The van der Waals surface area contributed by atoms with Crippen molar-refractivity contribution in [2.24, 2.45) is 0 Å². The molecule has 1 atom stereocenters. The number of anilines is 1. The van der Waals surface area contributed by atoms with Gasteiger partial charge in [-0.05, 0) is 99.9 Å². The van der Waals surface area contributed by atoms with Gasteiger partial charge in [-0.15, -0.1) is 4.99 Å². The molecule has 1 aliphatic rings. The molecule has 0 amide bonds. The first-order valence-electron chi connectivity index (χ1n) is 13.0. The molecule has 0 spiro atoms. The van der Waals surface area contributed by atoms with Crippen LogP contribution in [0.1, 0.15) is 88.2 Å². The number of hydrogen-bond donors (Lipinski definition) is 2. The number of hydrogen-bond acceptors (Lipinski definition) is 6. The average Bonchev–Trinajstić information content (AvgIpc) is 2.82. The van der Waals surface area contributed by atoms with Crippen molar-refractivity contribution in [1.29, 1.82) is 0 Å². The van der Waals surface area contributed by atoms with E-state index in [1.807, 2.05) is 52.8 Å². The van der Waals surface area contributed by atoms with E-state index < -0.39 is 17.7 Å². The molecule has 0 saturated carbocycles. The normalized spacial score (nSPS) is 14.2.